The molecule has 0 amide bonds. The van der Waals surface area contributed by atoms with E-state index in [-0.39, 0.29) is 0 Å². The predicted octanol–water partition coefficient (Wildman–Crippen LogP) is 5.11. The highest BCUT2D eigenvalue weighted by Gasteiger charge is 2.14. The number of H-pyrrole nitrogens is 1. The van der Waals surface area contributed by atoms with Crippen molar-refractivity contribution in [2.45, 2.75) is 37.1 Å². The molecule has 0 saturated carbocycles. The first-order valence-electron chi connectivity index (χ1n) is 11.5. The molecule has 1 fully saturated rings. The smallest absolute Gasteiger partial charge is 0.119 e. The summed E-state index contributed by atoms with van der Waals surface area (Å²) >= 11 is 7.81. The van der Waals surface area contributed by atoms with Crippen LogP contribution in [0.15, 0.2) is 53.6 Å². The lowest BCUT2D eigenvalue weighted by molar-refractivity contribution is 0.189. The molecule has 1 unspecified atom stereocenters. The molecule has 1 saturated heterocycles. The second-order valence-electron chi connectivity index (χ2n) is 8.43. The van der Waals surface area contributed by atoms with Crippen molar-refractivity contribution in [3.63, 3.8) is 0 Å². The minimum Gasteiger partial charge on any atom is -0.494 e. The Morgan fingerprint density at radius 1 is 1.19 bits per heavy atom. The zero-order chi connectivity index (χ0) is 22.2. The molecule has 1 atom stereocenters. The van der Waals surface area contributed by atoms with E-state index in [4.69, 9.17) is 16.3 Å². The number of rotatable bonds is 11. The summed E-state index contributed by atoms with van der Waals surface area (Å²) in [7, 11) is 0. The summed E-state index contributed by atoms with van der Waals surface area (Å²) in [5, 5.41) is 5.49. The number of aryl methyl sites for hydroxylation is 1. The minimum absolute atomic E-state index is 0.593. The fourth-order valence-electron chi connectivity index (χ4n) is 4.14. The average molecular weight is 473 g/mol. The van der Waals surface area contributed by atoms with Crippen molar-refractivity contribution in [3.8, 4) is 5.75 Å². The number of fused-ring (bicyclic) bond motifs is 1. The van der Waals surface area contributed by atoms with Gasteiger partial charge in [-0.15, -0.1) is 0 Å². The molecule has 0 spiro atoms. The maximum Gasteiger partial charge on any atom is 0.119 e. The van der Waals surface area contributed by atoms with E-state index in [0.29, 0.717) is 6.04 Å². The molecule has 0 radical (unpaired) electrons. The van der Waals surface area contributed by atoms with Gasteiger partial charge in [-0.25, -0.2) is 0 Å². The van der Waals surface area contributed by atoms with Gasteiger partial charge in [0, 0.05) is 65.8 Å². The summed E-state index contributed by atoms with van der Waals surface area (Å²) in [5.74, 6) is 0.945. The van der Waals surface area contributed by atoms with Gasteiger partial charge < -0.3 is 19.9 Å². The minimum atomic E-state index is 0.593. The Labute approximate surface area is 200 Å². The molecule has 3 aromatic rings. The van der Waals surface area contributed by atoms with Gasteiger partial charge in [0.1, 0.15) is 5.75 Å². The van der Waals surface area contributed by atoms with Gasteiger partial charge in [-0.1, -0.05) is 11.6 Å². The van der Waals surface area contributed by atoms with Crippen LogP contribution in [0.4, 0.5) is 0 Å². The number of benzene rings is 2. The molecule has 1 aromatic heterocycles. The molecule has 5 nitrogen and oxygen atoms in total. The molecular weight excluding hydrogens is 440 g/mol. The Kier molecular flexibility index (Phi) is 8.77. The first-order chi connectivity index (χ1) is 15.7. The van der Waals surface area contributed by atoms with Crippen LogP contribution in [0.2, 0.25) is 5.02 Å². The van der Waals surface area contributed by atoms with E-state index in [9.17, 15) is 0 Å². The molecule has 0 bridgehead atoms. The summed E-state index contributed by atoms with van der Waals surface area (Å²) in [6.45, 7) is 8.43. The maximum absolute atomic E-state index is 6.14. The van der Waals surface area contributed by atoms with Crippen LogP contribution >= 0.6 is 23.5 Å². The van der Waals surface area contributed by atoms with E-state index in [1.807, 2.05) is 18.2 Å². The maximum atomic E-state index is 6.14. The lowest BCUT2D eigenvalue weighted by Crippen LogP contribution is -2.49. The van der Waals surface area contributed by atoms with Gasteiger partial charge in [0.05, 0.1) is 6.61 Å². The van der Waals surface area contributed by atoms with E-state index < -0.39 is 0 Å². The first-order valence-corrected chi connectivity index (χ1v) is 12.7. The highest BCUT2D eigenvalue weighted by atomic mass is 35.5. The van der Waals surface area contributed by atoms with Crippen molar-refractivity contribution in [2.75, 3.05) is 39.3 Å². The van der Waals surface area contributed by atoms with Gasteiger partial charge in [-0.2, -0.15) is 0 Å². The average Bonchev–Trinajstić information content (AvgIpc) is 3.19. The van der Waals surface area contributed by atoms with Crippen LogP contribution in [0.5, 0.6) is 5.75 Å². The molecule has 1 aliphatic heterocycles. The van der Waals surface area contributed by atoms with E-state index in [1.54, 1.807) is 11.9 Å². The fraction of sp³-hybridized carbons (Fsp3) is 0.440. The van der Waals surface area contributed by atoms with E-state index in [1.165, 1.54) is 15.8 Å². The third-order valence-electron chi connectivity index (χ3n) is 5.81. The third-order valence-corrected chi connectivity index (χ3v) is 6.90. The number of hydrogen-bond donors (Lipinski definition) is 3. The Bertz CT molecular complexity index is 978. The molecular formula is C25H33ClN4OS. The SMILES string of the molecule is CC1CN(CCCOc2ccc(SNCCCc3c[nH]c4ccc(Cl)cc34)cc2)CCN1. The second-order valence-corrected chi connectivity index (χ2v) is 9.83. The third kappa shape index (κ3) is 6.90. The largest absolute Gasteiger partial charge is 0.494 e. The summed E-state index contributed by atoms with van der Waals surface area (Å²) in [6.07, 6.45) is 5.25. The lowest BCUT2D eigenvalue weighted by Gasteiger charge is -2.31. The predicted molar refractivity (Wildman–Crippen MR) is 136 cm³/mol. The number of nitrogens with zero attached hydrogens (tertiary/aromatic N) is 1. The van der Waals surface area contributed by atoms with Crippen LogP contribution in [-0.4, -0.2) is 55.3 Å². The van der Waals surface area contributed by atoms with Gasteiger partial charge in [0.25, 0.3) is 0 Å². The van der Waals surface area contributed by atoms with Crippen molar-refractivity contribution in [2.24, 2.45) is 0 Å². The van der Waals surface area contributed by atoms with Crippen molar-refractivity contribution in [3.05, 3.63) is 59.2 Å². The number of nitrogens with one attached hydrogen (secondary N) is 3. The van der Waals surface area contributed by atoms with Crippen LogP contribution in [0.25, 0.3) is 10.9 Å². The highest BCUT2D eigenvalue weighted by Crippen LogP contribution is 2.24. The topological polar surface area (TPSA) is 52.3 Å². The molecule has 4 rings (SSSR count). The Morgan fingerprint density at radius 2 is 2.06 bits per heavy atom. The fourth-order valence-corrected chi connectivity index (χ4v) is 5.00. The van der Waals surface area contributed by atoms with Crippen molar-refractivity contribution >= 4 is 34.5 Å². The molecule has 3 N–H and O–H groups in total. The zero-order valence-corrected chi connectivity index (χ0v) is 20.3. The van der Waals surface area contributed by atoms with Crippen LogP contribution in [0.3, 0.4) is 0 Å². The number of piperazine rings is 1. The normalized spacial score (nSPS) is 17.1. The van der Waals surface area contributed by atoms with Gasteiger partial charge >= 0.3 is 0 Å². The van der Waals surface area contributed by atoms with Crippen molar-refractivity contribution < 1.29 is 4.74 Å². The highest BCUT2D eigenvalue weighted by molar-refractivity contribution is 7.97. The van der Waals surface area contributed by atoms with E-state index in [2.05, 4.69) is 57.3 Å². The lowest BCUT2D eigenvalue weighted by atomic mass is 10.1. The summed E-state index contributed by atoms with van der Waals surface area (Å²) in [6, 6.07) is 15.0. The Balaban J connectivity index is 1.10. The Hall–Kier alpha value is -1.70. The standard InChI is InChI=1S/C25H33ClN4OS/c1-19-18-30(14-12-27-19)13-3-15-31-22-6-8-23(9-7-22)32-29-11-2-4-20-17-28-25-10-5-21(26)16-24(20)25/h5-10,16-17,19,27-29H,2-4,11-15,18H2,1H3. The number of aromatic amines is 1. The van der Waals surface area contributed by atoms with E-state index in [0.717, 1.165) is 74.9 Å². The van der Waals surface area contributed by atoms with Gasteiger partial charge in [-0.3, -0.25) is 4.72 Å². The second kappa shape index (κ2) is 12.0. The zero-order valence-electron chi connectivity index (χ0n) is 18.7. The van der Waals surface area contributed by atoms with Crippen molar-refractivity contribution in [1.82, 2.24) is 19.9 Å². The van der Waals surface area contributed by atoms with Crippen molar-refractivity contribution in [1.29, 1.82) is 0 Å². The number of ether oxygens (including phenoxy) is 1. The summed E-state index contributed by atoms with van der Waals surface area (Å²) in [4.78, 5) is 7.04. The van der Waals surface area contributed by atoms with Crippen LogP contribution in [0.1, 0.15) is 25.3 Å². The van der Waals surface area contributed by atoms with E-state index >= 15 is 0 Å². The Morgan fingerprint density at radius 3 is 2.91 bits per heavy atom. The van der Waals surface area contributed by atoms with Gasteiger partial charge in [0.2, 0.25) is 0 Å². The van der Waals surface area contributed by atoms with Crippen LogP contribution in [-0.2, 0) is 6.42 Å². The number of hydrogen-bond acceptors (Lipinski definition) is 5. The molecule has 172 valence electrons. The van der Waals surface area contributed by atoms with Crippen LogP contribution in [0, 0.1) is 0 Å². The molecule has 7 heteroatoms. The molecule has 32 heavy (non-hydrogen) atoms. The molecule has 0 aliphatic carbocycles. The number of aromatic nitrogens is 1. The monoisotopic (exact) mass is 472 g/mol. The number of halogens is 1. The molecule has 1 aliphatic rings. The quantitative estimate of drug-likeness (QED) is 0.267. The van der Waals surface area contributed by atoms with Gasteiger partial charge in [-0.05, 0) is 86.2 Å². The molecule has 2 aromatic carbocycles. The summed E-state index contributed by atoms with van der Waals surface area (Å²) in [5.41, 5.74) is 2.47. The van der Waals surface area contributed by atoms with Gasteiger partial charge in [0.15, 0.2) is 0 Å². The first kappa shape index (κ1) is 23.5. The van der Waals surface area contributed by atoms with Crippen LogP contribution < -0.4 is 14.8 Å². The summed E-state index contributed by atoms with van der Waals surface area (Å²) < 4.78 is 9.39. The molecule has 2 heterocycles.